The second kappa shape index (κ2) is 5.51. The van der Waals surface area contributed by atoms with Crippen LogP contribution in [0.25, 0.3) is 0 Å². The van der Waals surface area contributed by atoms with E-state index in [2.05, 4.69) is 15.1 Å². The van der Waals surface area contributed by atoms with Gasteiger partial charge in [0.15, 0.2) is 5.82 Å². The summed E-state index contributed by atoms with van der Waals surface area (Å²) in [5.41, 5.74) is 0.513. The second-order valence-corrected chi connectivity index (χ2v) is 6.15. The molecule has 6 heteroatoms. The molecule has 0 radical (unpaired) electrons. The Bertz CT molecular complexity index is 666. The molecule has 1 atom stereocenters. The van der Waals surface area contributed by atoms with Gasteiger partial charge in [0.05, 0.1) is 0 Å². The van der Waals surface area contributed by atoms with Crippen molar-refractivity contribution in [1.82, 2.24) is 20.0 Å². The highest BCUT2D eigenvalue weighted by atomic mass is 16.5. The molecule has 3 heterocycles. The van der Waals surface area contributed by atoms with Crippen LogP contribution in [0.2, 0.25) is 0 Å². The Labute approximate surface area is 128 Å². The minimum Gasteiger partial charge on any atom is -0.339 e. The maximum atomic E-state index is 12.4. The summed E-state index contributed by atoms with van der Waals surface area (Å²) in [5, 5.41) is 4.07. The number of carbonyl (C=O) groups is 1. The van der Waals surface area contributed by atoms with Crippen molar-refractivity contribution in [3.8, 4) is 0 Å². The molecule has 1 amide bonds. The fourth-order valence-electron chi connectivity index (χ4n) is 2.94. The highest BCUT2D eigenvalue weighted by Gasteiger charge is 2.31. The maximum Gasteiger partial charge on any atom is 0.272 e. The Morgan fingerprint density at radius 1 is 1.32 bits per heavy atom. The number of pyridine rings is 1. The quantitative estimate of drug-likeness (QED) is 0.863. The van der Waals surface area contributed by atoms with Gasteiger partial charge in [-0.05, 0) is 37.3 Å². The van der Waals surface area contributed by atoms with E-state index in [1.54, 1.807) is 12.3 Å². The van der Waals surface area contributed by atoms with Gasteiger partial charge in [0.25, 0.3) is 5.91 Å². The molecule has 2 aromatic heterocycles. The minimum atomic E-state index is 0.00915. The molecule has 2 fully saturated rings. The number of nitrogens with zero attached hydrogens (tertiary/aromatic N) is 4. The van der Waals surface area contributed by atoms with Crippen LogP contribution in [0.1, 0.15) is 47.4 Å². The lowest BCUT2D eigenvalue weighted by atomic mass is 10.1. The van der Waals surface area contributed by atoms with E-state index in [9.17, 15) is 4.79 Å². The largest absolute Gasteiger partial charge is 0.339 e. The Kier molecular flexibility index (Phi) is 3.36. The first-order valence-electron chi connectivity index (χ1n) is 7.82. The number of hydrogen-bond acceptors (Lipinski definition) is 5. The minimum absolute atomic E-state index is 0.00915. The van der Waals surface area contributed by atoms with E-state index >= 15 is 0 Å². The molecule has 4 rings (SSSR count). The predicted octanol–water partition coefficient (Wildman–Crippen LogP) is 2.05. The Morgan fingerprint density at radius 3 is 3.00 bits per heavy atom. The first-order chi connectivity index (χ1) is 10.8. The van der Waals surface area contributed by atoms with E-state index in [4.69, 9.17) is 4.52 Å². The van der Waals surface area contributed by atoms with E-state index in [1.807, 2.05) is 17.0 Å². The first-order valence-corrected chi connectivity index (χ1v) is 7.82. The number of rotatable bonds is 4. The molecule has 0 bridgehead atoms. The fraction of sp³-hybridized carbons (Fsp3) is 0.500. The van der Waals surface area contributed by atoms with Crippen LogP contribution >= 0.6 is 0 Å². The standard InChI is InChI=1S/C16H18N4O2/c21-16(13-3-1-2-7-17-13)20-8-6-11(10-20)9-14-18-15(22-19-14)12-4-5-12/h1-3,7,11-12H,4-6,8-10H2. The van der Waals surface area contributed by atoms with Crippen molar-refractivity contribution in [2.75, 3.05) is 13.1 Å². The van der Waals surface area contributed by atoms with Gasteiger partial charge < -0.3 is 9.42 Å². The lowest BCUT2D eigenvalue weighted by Gasteiger charge is -2.15. The lowest BCUT2D eigenvalue weighted by Crippen LogP contribution is -2.29. The molecule has 0 spiro atoms. The predicted molar refractivity (Wildman–Crippen MR) is 78.2 cm³/mol. The van der Waals surface area contributed by atoms with Gasteiger partial charge in [-0.2, -0.15) is 4.98 Å². The number of aromatic nitrogens is 3. The lowest BCUT2D eigenvalue weighted by molar-refractivity contribution is 0.0781. The van der Waals surface area contributed by atoms with Crippen LogP contribution in [0.4, 0.5) is 0 Å². The van der Waals surface area contributed by atoms with Crippen LogP contribution in [0.3, 0.4) is 0 Å². The topological polar surface area (TPSA) is 72.1 Å². The first kappa shape index (κ1) is 13.4. The van der Waals surface area contributed by atoms with Crippen molar-refractivity contribution in [2.45, 2.75) is 31.6 Å². The van der Waals surface area contributed by atoms with Crippen LogP contribution in [0.5, 0.6) is 0 Å². The van der Waals surface area contributed by atoms with Crippen molar-refractivity contribution in [3.63, 3.8) is 0 Å². The van der Waals surface area contributed by atoms with E-state index in [-0.39, 0.29) is 5.91 Å². The number of likely N-dealkylation sites (tertiary alicyclic amines) is 1. The molecule has 6 nitrogen and oxygen atoms in total. The van der Waals surface area contributed by atoms with Gasteiger partial charge in [-0.25, -0.2) is 0 Å². The SMILES string of the molecule is O=C(c1ccccn1)N1CCC(Cc2noc(C3CC3)n2)C1. The molecule has 1 aliphatic carbocycles. The zero-order chi connectivity index (χ0) is 14.9. The molecule has 0 aromatic carbocycles. The molecule has 1 unspecified atom stereocenters. The van der Waals surface area contributed by atoms with Gasteiger partial charge in [-0.15, -0.1) is 0 Å². The summed E-state index contributed by atoms with van der Waals surface area (Å²) in [6, 6.07) is 5.42. The Balaban J connectivity index is 1.36. The van der Waals surface area contributed by atoms with E-state index < -0.39 is 0 Å². The highest BCUT2D eigenvalue weighted by molar-refractivity contribution is 5.92. The molecule has 2 aliphatic rings. The van der Waals surface area contributed by atoms with Gasteiger partial charge in [0.1, 0.15) is 5.69 Å². The van der Waals surface area contributed by atoms with Gasteiger partial charge in [-0.3, -0.25) is 9.78 Å². The molecule has 1 saturated carbocycles. The second-order valence-electron chi connectivity index (χ2n) is 6.15. The van der Waals surface area contributed by atoms with Crippen molar-refractivity contribution in [3.05, 3.63) is 41.8 Å². The zero-order valence-corrected chi connectivity index (χ0v) is 12.3. The Hall–Kier alpha value is -2.24. The molecule has 22 heavy (non-hydrogen) atoms. The molecule has 1 saturated heterocycles. The van der Waals surface area contributed by atoms with Gasteiger partial charge >= 0.3 is 0 Å². The molecule has 0 N–H and O–H groups in total. The normalized spacial score (nSPS) is 21.3. The van der Waals surface area contributed by atoms with E-state index in [0.717, 1.165) is 50.5 Å². The summed E-state index contributed by atoms with van der Waals surface area (Å²) in [4.78, 5) is 22.8. The van der Waals surface area contributed by atoms with Crippen molar-refractivity contribution < 1.29 is 9.32 Å². The maximum absolute atomic E-state index is 12.4. The zero-order valence-electron chi connectivity index (χ0n) is 12.3. The van der Waals surface area contributed by atoms with Crippen LogP contribution < -0.4 is 0 Å². The van der Waals surface area contributed by atoms with Gasteiger partial charge in [0.2, 0.25) is 5.89 Å². The van der Waals surface area contributed by atoms with Crippen LogP contribution in [-0.4, -0.2) is 39.0 Å². The summed E-state index contributed by atoms with van der Waals surface area (Å²) in [6.45, 7) is 1.51. The van der Waals surface area contributed by atoms with Crippen LogP contribution in [0.15, 0.2) is 28.9 Å². The summed E-state index contributed by atoms with van der Waals surface area (Å²) in [7, 11) is 0. The highest BCUT2D eigenvalue weighted by Crippen LogP contribution is 2.39. The summed E-state index contributed by atoms with van der Waals surface area (Å²) in [6.07, 6.45) is 5.74. The number of carbonyl (C=O) groups excluding carboxylic acids is 1. The third kappa shape index (κ3) is 2.73. The third-order valence-corrected chi connectivity index (χ3v) is 4.34. The monoisotopic (exact) mass is 298 g/mol. The van der Waals surface area contributed by atoms with E-state index in [0.29, 0.717) is 17.5 Å². The van der Waals surface area contributed by atoms with Crippen molar-refractivity contribution >= 4 is 5.91 Å². The summed E-state index contributed by atoms with van der Waals surface area (Å²) >= 11 is 0. The van der Waals surface area contributed by atoms with Crippen molar-refractivity contribution in [2.24, 2.45) is 5.92 Å². The Morgan fingerprint density at radius 2 is 2.23 bits per heavy atom. The molecule has 114 valence electrons. The van der Waals surface area contributed by atoms with Crippen LogP contribution in [0, 0.1) is 5.92 Å². The smallest absolute Gasteiger partial charge is 0.272 e. The molecular weight excluding hydrogens is 280 g/mol. The van der Waals surface area contributed by atoms with Gasteiger partial charge in [-0.1, -0.05) is 11.2 Å². The fourth-order valence-corrected chi connectivity index (χ4v) is 2.94. The van der Waals surface area contributed by atoms with Crippen LogP contribution in [-0.2, 0) is 6.42 Å². The van der Waals surface area contributed by atoms with E-state index in [1.165, 1.54) is 0 Å². The van der Waals surface area contributed by atoms with Gasteiger partial charge in [0, 0.05) is 31.6 Å². The summed E-state index contributed by atoms with van der Waals surface area (Å²) < 4.78 is 5.29. The average molecular weight is 298 g/mol. The third-order valence-electron chi connectivity index (χ3n) is 4.34. The molecular formula is C16H18N4O2. The summed E-state index contributed by atoms with van der Waals surface area (Å²) in [5.74, 6) is 2.47. The average Bonchev–Trinajstić information content (AvgIpc) is 3.13. The number of hydrogen-bond donors (Lipinski definition) is 0. The molecule has 1 aliphatic heterocycles. The molecule has 2 aromatic rings. The van der Waals surface area contributed by atoms with Crippen molar-refractivity contribution in [1.29, 1.82) is 0 Å². The number of amides is 1.